The lowest BCUT2D eigenvalue weighted by Crippen LogP contribution is -2.16. The van der Waals surface area contributed by atoms with Crippen LogP contribution in [0, 0.1) is 17.1 Å². The Morgan fingerprint density at radius 1 is 1.28 bits per heavy atom. The molecule has 2 heterocycles. The molecule has 3 rings (SSSR count). The molecule has 1 aliphatic rings. The van der Waals surface area contributed by atoms with Crippen molar-refractivity contribution in [3.05, 3.63) is 30.1 Å². The van der Waals surface area contributed by atoms with Crippen LogP contribution in [0.25, 0.3) is 11.4 Å². The topological polar surface area (TPSA) is 63.7 Å². The highest BCUT2D eigenvalue weighted by Gasteiger charge is 2.21. The minimum absolute atomic E-state index is 0.174. The Morgan fingerprint density at radius 2 is 2.12 bits per heavy atom. The molecule has 0 radical (unpaired) electrons. The van der Waals surface area contributed by atoms with Crippen molar-refractivity contribution in [2.24, 2.45) is 0 Å². The van der Waals surface area contributed by atoms with Crippen LogP contribution in [-0.4, -0.2) is 33.2 Å². The monoisotopic (exact) mass is 360 g/mol. The summed E-state index contributed by atoms with van der Waals surface area (Å²) < 4.78 is 21.1. The van der Waals surface area contributed by atoms with Gasteiger partial charge in [-0.15, -0.1) is 10.2 Å². The number of unbranched alkanes of at least 4 members (excludes halogenated alkanes) is 2. The third kappa shape index (κ3) is 4.80. The molecule has 1 aromatic heterocycles. The number of nitriles is 1. The summed E-state index contributed by atoms with van der Waals surface area (Å²) in [5, 5.41) is 18.1. The van der Waals surface area contributed by atoms with Crippen molar-refractivity contribution in [1.82, 2.24) is 14.8 Å². The van der Waals surface area contributed by atoms with Gasteiger partial charge in [0.1, 0.15) is 5.82 Å². The molecule has 0 spiro atoms. The van der Waals surface area contributed by atoms with E-state index in [1.54, 1.807) is 23.9 Å². The molecule has 0 bridgehead atoms. The summed E-state index contributed by atoms with van der Waals surface area (Å²) in [5.74, 6) is 1.38. The van der Waals surface area contributed by atoms with Gasteiger partial charge >= 0.3 is 0 Å². The fourth-order valence-electron chi connectivity index (χ4n) is 2.83. The van der Waals surface area contributed by atoms with Crippen molar-refractivity contribution in [3.63, 3.8) is 0 Å². The number of aromatic nitrogens is 3. The van der Waals surface area contributed by atoms with Gasteiger partial charge in [-0.05, 0) is 49.9 Å². The van der Waals surface area contributed by atoms with Crippen LogP contribution >= 0.6 is 11.8 Å². The van der Waals surface area contributed by atoms with Gasteiger partial charge in [0, 0.05) is 24.3 Å². The van der Waals surface area contributed by atoms with E-state index in [9.17, 15) is 4.39 Å². The number of hydrogen-bond donors (Lipinski definition) is 0. The van der Waals surface area contributed by atoms with Gasteiger partial charge in [-0.2, -0.15) is 5.26 Å². The van der Waals surface area contributed by atoms with Crippen molar-refractivity contribution in [3.8, 4) is 17.5 Å². The van der Waals surface area contributed by atoms with Gasteiger partial charge in [-0.3, -0.25) is 4.57 Å². The molecule has 1 atom stereocenters. The molecular formula is C18H21FN4OS. The second-order valence-electron chi connectivity index (χ2n) is 6.02. The molecule has 0 aliphatic carbocycles. The van der Waals surface area contributed by atoms with Crippen LogP contribution in [-0.2, 0) is 11.3 Å². The average molecular weight is 360 g/mol. The third-order valence-electron chi connectivity index (χ3n) is 4.14. The Balaban J connectivity index is 1.76. The predicted octanol–water partition coefficient (Wildman–Crippen LogP) is 4.05. The Bertz CT molecular complexity index is 720. The molecule has 1 unspecified atom stereocenters. The van der Waals surface area contributed by atoms with E-state index in [1.807, 2.05) is 0 Å². The molecule has 7 heteroatoms. The van der Waals surface area contributed by atoms with Crippen molar-refractivity contribution in [2.75, 3.05) is 12.4 Å². The maximum absolute atomic E-state index is 13.2. The molecule has 132 valence electrons. The number of ether oxygens (including phenoxy) is 1. The molecule has 5 nitrogen and oxygen atoms in total. The minimum atomic E-state index is -0.263. The van der Waals surface area contributed by atoms with Crippen LogP contribution in [0.3, 0.4) is 0 Å². The summed E-state index contributed by atoms with van der Waals surface area (Å²) in [6.45, 7) is 1.51. The Labute approximate surface area is 151 Å². The number of thioether (sulfide) groups is 1. The van der Waals surface area contributed by atoms with Crippen LogP contribution in [0.15, 0.2) is 29.4 Å². The van der Waals surface area contributed by atoms with Crippen molar-refractivity contribution >= 4 is 11.8 Å². The lowest BCUT2D eigenvalue weighted by molar-refractivity contribution is 0.0953. The van der Waals surface area contributed by atoms with Crippen LogP contribution in [0.1, 0.15) is 32.1 Å². The van der Waals surface area contributed by atoms with E-state index < -0.39 is 0 Å². The highest BCUT2D eigenvalue weighted by Crippen LogP contribution is 2.27. The van der Waals surface area contributed by atoms with Gasteiger partial charge < -0.3 is 4.74 Å². The number of benzene rings is 1. The van der Waals surface area contributed by atoms with E-state index >= 15 is 0 Å². The van der Waals surface area contributed by atoms with Gasteiger partial charge in [-0.25, -0.2) is 4.39 Å². The first-order valence-corrected chi connectivity index (χ1v) is 9.57. The van der Waals surface area contributed by atoms with Crippen LogP contribution in [0.4, 0.5) is 4.39 Å². The zero-order valence-electron chi connectivity index (χ0n) is 14.0. The average Bonchev–Trinajstić information content (AvgIpc) is 3.27. The molecule has 1 fully saturated rings. The van der Waals surface area contributed by atoms with Crippen molar-refractivity contribution in [1.29, 1.82) is 5.26 Å². The number of nitrogens with zero attached hydrogens (tertiary/aromatic N) is 4. The first-order valence-electron chi connectivity index (χ1n) is 8.58. The maximum Gasteiger partial charge on any atom is 0.191 e. The summed E-state index contributed by atoms with van der Waals surface area (Å²) in [7, 11) is 0. The number of halogens is 1. The van der Waals surface area contributed by atoms with Crippen molar-refractivity contribution in [2.45, 2.75) is 49.9 Å². The lowest BCUT2D eigenvalue weighted by Gasteiger charge is -2.14. The fourth-order valence-corrected chi connectivity index (χ4v) is 3.78. The second-order valence-corrected chi connectivity index (χ2v) is 7.08. The molecule has 0 saturated carbocycles. The maximum atomic E-state index is 13.2. The first kappa shape index (κ1) is 17.9. The largest absolute Gasteiger partial charge is 0.376 e. The fraction of sp³-hybridized carbons (Fsp3) is 0.500. The lowest BCUT2D eigenvalue weighted by atomic mass is 10.2. The molecule has 0 N–H and O–H groups in total. The molecular weight excluding hydrogens is 339 g/mol. The summed E-state index contributed by atoms with van der Waals surface area (Å²) >= 11 is 1.65. The molecule has 1 aromatic carbocycles. The van der Waals surface area contributed by atoms with Gasteiger partial charge in [0.25, 0.3) is 0 Å². The number of rotatable bonds is 8. The summed E-state index contributed by atoms with van der Waals surface area (Å²) in [6.07, 6.45) is 4.74. The smallest absolute Gasteiger partial charge is 0.191 e. The van der Waals surface area contributed by atoms with E-state index in [1.165, 1.54) is 12.1 Å². The van der Waals surface area contributed by atoms with Gasteiger partial charge in [0.2, 0.25) is 0 Å². The molecule has 25 heavy (non-hydrogen) atoms. The van der Waals surface area contributed by atoms with E-state index in [-0.39, 0.29) is 11.9 Å². The quantitative estimate of drug-likeness (QED) is 0.525. The van der Waals surface area contributed by atoms with Crippen LogP contribution in [0.2, 0.25) is 0 Å². The highest BCUT2D eigenvalue weighted by molar-refractivity contribution is 7.99. The van der Waals surface area contributed by atoms with Crippen LogP contribution in [0.5, 0.6) is 0 Å². The normalized spacial score (nSPS) is 16.9. The molecule has 0 amide bonds. The molecule has 1 aliphatic heterocycles. The standard InChI is InChI=1S/C18H21FN4OS/c19-15-8-6-14(7-9-15)17-21-22-18(25-12-3-1-2-10-20)23(17)13-16-5-4-11-24-16/h6-9,16H,1-5,11-13H2. The van der Waals surface area contributed by atoms with E-state index in [0.717, 1.165) is 54.6 Å². The summed E-state index contributed by atoms with van der Waals surface area (Å²) in [6, 6.07) is 8.50. The Hall–Kier alpha value is -1.91. The van der Waals surface area contributed by atoms with E-state index in [0.29, 0.717) is 13.0 Å². The SMILES string of the molecule is N#CCCCCSc1nnc(-c2ccc(F)cc2)n1CC1CCCO1. The zero-order chi connectivity index (χ0) is 17.5. The van der Waals surface area contributed by atoms with E-state index in [4.69, 9.17) is 10.00 Å². The third-order valence-corrected chi connectivity index (χ3v) is 5.20. The zero-order valence-corrected chi connectivity index (χ0v) is 14.8. The number of hydrogen-bond acceptors (Lipinski definition) is 5. The summed E-state index contributed by atoms with van der Waals surface area (Å²) in [5.41, 5.74) is 0.850. The minimum Gasteiger partial charge on any atom is -0.376 e. The van der Waals surface area contributed by atoms with Gasteiger partial charge in [-0.1, -0.05) is 11.8 Å². The molecule has 1 saturated heterocycles. The second kappa shape index (κ2) is 8.97. The van der Waals surface area contributed by atoms with Gasteiger partial charge in [0.15, 0.2) is 11.0 Å². The first-order chi connectivity index (χ1) is 12.3. The van der Waals surface area contributed by atoms with Gasteiger partial charge in [0.05, 0.1) is 18.7 Å². The highest BCUT2D eigenvalue weighted by atomic mass is 32.2. The van der Waals surface area contributed by atoms with Crippen molar-refractivity contribution < 1.29 is 9.13 Å². The molecule has 2 aromatic rings. The Morgan fingerprint density at radius 3 is 2.84 bits per heavy atom. The summed E-state index contributed by atoms with van der Waals surface area (Å²) in [4.78, 5) is 0. The van der Waals surface area contributed by atoms with E-state index in [2.05, 4.69) is 20.8 Å². The Kier molecular flexibility index (Phi) is 6.42. The van der Waals surface area contributed by atoms with Crippen LogP contribution < -0.4 is 0 Å². The predicted molar refractivity (Wildman–Crippen MR) is 94.6 cm³/mol.